The Morgan fingerprint density at radius 2 is 1.92 bits per heavy atom. The molecule has 0 saturated heterocycles. The number of halogens is 1. The summed E-state index contributed by atoms with van der Waals surface area (Å²) >= 11 is 6.21. The van der Waals surface area contributed by atoms with E-state index in [0.29, 0.717) is 5.78 Å². The highest BCUT2D eigenvalue weighted by molar-refractivity contribution is 6.30. The molecule has 5 aliphatic rings. The van der Waals surface area contributed by atoms with Crippen molar-refractivity contribution in [1.82, 2.24) is 5.32 Å². The van der Waals surface area contributed by atoms with Crippen LogP contribution in [0.25, 0.3) is 5.70 Å². The van der Waals surface area contributed by atoms with Crippen molar-refractivity contribution in [3.05, 3.63) is 40.4 Å². The van der Waals surface area contributed by atoms with Gasteiger partial charge in [0.05, 0.1) is 0 Å². The summed E-state index contributed by atoms with van der Waals surface area (Å²) in [7, 11) is 0. The van der Waals surface area contributed by atoms with Gasteiger partial charge in [0.1, 0.15) is 0 Å². The summed E-state index contributed by atoms with van der Waals surface area (Å²) in [5.74, 6) is 2.82. The van der Waals surface area contributed by atoms with E-state index >= 15 is 0 Å². The van der Waals surface area contributed by atoms with E-state index in [1.807, 2.05) is 12.1 Å². The zero-order valence-electron chi connectivity index (χ0n) is 15.1. The number of carbonyl (C=O) groups is 1. The Morgan fingerprint density at radius 1 is 1.20 bits per heavy atom. The number of benzene rings is 1. The average molecular weight is 356 g/mol. The molecular formula is C22H26ClNO. The maximum absolute atomic E-state index is 13.4. The number of fused-ring (bicyclic) bond motifs is 1. The maximum Gasteiger partial charge on any atom is 0.163 e. The quantitative estimate of drug-likeness (QED) is 0.756. The topological polar surface area (TPSA) is 29.1 Å². The minimum Gasteiger partial charge on any atom is -0.379 e. The molecule has 25 heavy (non-hydrogen) atoms. The Bertz CT molecular complexity index is 774. The predicted molar refractivity (Wildman–Crippen MR) is 101 cm³/mol. The number of ketones is 1. The van der Waals surface area contributed by atoms with E-state index in [-0.39, 0.29) is 11.0 Å². The van der Waals surface area contributed by atoms with Crippen LogP contribution in [0.4, 0.5) is 0 Å². The van der Waals surface area contributed by atoms with Gasteiger partial charge in [-0.15, -0.1) is 0 Å². The van der Waals surface area contributed by atoms with Gasteiger partial charge in [0, 0.05) is 33.3 Å². The van der Waals surface area contributed by atoms with Crippen molar-refractivity contribution in [3.63, 3.8) is 0 Å². The van der Waals surface area contributed by atoms with Gasteiger partial charge in [-0.2, -0.15) is 0 Å². The molecule has 0 spiro atoms. The van der Waals surface area contributed by atoms with Gasteiger partial charge >= 0.3 is 0 Å². The van der Waals surface area contributed by atoms with Gasteiger partial charge < -0.3 is 5.32 Å². The largest absolute Gasteiger partial charge is 0.379 e. The third-order valence-electron chi connectivity index (χ3n) is 7.19. The minimum absolute atomic E-state index is 0.0562. The molecule has 3 heteroatoms. The third kappa shape index (κ3) is 2.48. The zero-order valence-corrected chi connectivity index (χ0v) is 15.8. The number of hydrogen-bond donors (Lipinski definition) is 1. The van der Waals surface area contributed by atoms with E-state index in [2.05, 4.69) is 31.3 Å². The van der Waals surface area contributed by atoms with Crippen molar-refractivity contribution < 1.29 is 4.79 Å². The molecule has 6 rings (SSSR count). The summed E-state index contributed by atoms with van der Waals surface area (Å²) in [6.07, 6.45) is 9.00. The lowest BCUT2D eigenvalue weighted by molar-refractivity contribution is -0.126. The molecule has 0 aromatic heterocycles. The monoisotopic (exact) mass is 355 g/mol. The number of rotatable bonds is 2. The molecule has 2 nitrogen and oxygen atoms in total. The van der Waals surface area contributed by atoms with E-state index in [4.69, 9.17) is 11.6 Å². The number of nitrogens with one attached hydrogen (secondary N) is 1. The van der Waals surface area contributed by atoms with Gasteiger partial charge in [0.2, 0.25) is 0 Å². The van der Waals surface area contributed by atoms with E-state index in [1.165, 1.54) is 18.4 Å². The second kappa shape index (κ2) is 5.13. The lowest BCUT2D eigenvalue weighted by Crippen LogP contribution is -2.44. The molecule has 1 aromatic carbocycles. The fourth-order valence-corrected chi connectivity index (χ4v) is 6.63. The van der Waals surface area contributed by atoms with Crippen LogP contribution in [0.15, 0.2) is 24.3 Å². The minimum atomic E-state index is -0.0611. The van der Waals surface area contributed by atoms with Crippen LogP contribution in [0.2, 0.25) is 5.02 Å². The summed E-state index contributed by atoms with van der Waals surface area (Å²) in [6, 6.07) is 6.04. The Hall–Kier alpha value is -1.28. The number of hydrogen-bond acceptors (Lipinski definition) is 2. The van der Waals surface area contributed by atoms with Crippen LogP contribution in [0, 0.1) is 23.2 Å². The molecule has 1 aliphatic heterocycles. The maximum atomic E-state index is 13.4. The standard InChI is InChI=1S/C22H26ClNO/c1-21(2)10-16-7-17(23)3-4-18(16)19(24-21)8-20(25)22-9-13-5-14(11-22)15(6-13)12-22/h3-4,7-8,13-15,24H,5-6,9-12H2,1-2H3/b19-8-. The molecule has 4 bridgehead atoms. The van der Waals surface area contributed by atoms with Gasteiger partial charge in [-0.25, -0.2) is 0 Å². The van der Waals surface area contributed by atoms with Crippen LogP contribution in [-0.2, 0) is 11.2 Å². The van der Waals surface area contributed by atoms with Crippen molar-refractivity contribution in [2.75, 3.05) is 0 Å². The average Bonchev–Trinajstić information content (AvgIpc) is 2.93. The van der Waals surface area contributed by atoms with Crippen molar-refractivity contribution in [3.8, 4) is 0 Å². The first kappa shape index (κ1) is 15.9. The molecule has 1 heterocycles. The molecule has 4 saturated carbocycles. The molecule has 2 unspecified atom stereocenters. The van der Waals surface area contributed by atoms with Gasteiger partial charge in [-0.05, 0) is 87.8 Å². The Morgan fingerprint density at radius 3 is 2.60 bits per heavy atom. The second-order valence-electron chi connectivity index (χ2n) is 9.66. The molecular weight excluding hydrogens is 330 g/mol. The molecule has 4 fully saturated rings. The first-order valence-electron chi connectivity index (χ1n) is 9.67. The van der Waals surface area contributed by atoms with E-state index in [0.717, 1.165) is 59.7 Å². The molecule has 0 amide bonds. The van der Waals surface area contributed by atoms with Crippen molar-refractivity contribution >= 4 is 23.1 Å². The highest BCUT2D eigenvalue weighted by Gasteiger charge is 2.58. The molecule has 132 valence electrons. The summed E-state index contributed by atoms with van der Waals surface area (Å²) in [5.41, 5.74) is 3.26. The fourth-order valence-electron chi connectivity index (χ4n) is 6.43. The van der Waals surface area contributed by atoms with E-state index in [1.54, 1.807) is 0 Å². The number of carbonyl (C=O) groups excluding carboxylic acids is 1. The molecule has 4 aliphatic carbocycles. The highest BCUT2D eigenvalue weighted by Crippen LogP contribution is 2.64. The first-order valence-corrected chi connectivity index (χ1v) is 10.0. The number of allylic oxidation sites excluding steroid dienone is 1. The van der Waals surface area contributed by atoms with Crippen molar-refractivity contribution in [1.29, 1.82) is 0 Å². The summed E-state index contributed by atoms with van der Waals surface area (Å²) in [4.78, 5) is 13.4. The Labute approximate surface area is 155 Å². The fraction of sp³-hybridized carbons (Fsp3) is 0.591. The van der Waals surface area contributed by atoms with Crippen molar-refractivity contribution in [2.24, 2.45) is 23.2 Å². The molecule has 0 radical (unpaired) electrons. The highest BCUT2D eigenvalue weighted by atomic mass is 35.5. The summed E-state index contributed by atoms with van der Waals surface area (Å²) in [6.45, 7) is 4.38. The van der Waals surface area contributed by atoms with Gasteiger partial charge in [0.25, 0.3) is 0 Å². The predicted octanol–water partition coefficient (Wildman–Crippen LogP) is 5.00. The van der Waals surface area contributed by atoms with Crippen LogP contribution in [-0.4, -0.2) is 11.3 Å². The van der Waals surface area contributed by atoms with E-state index < -0.39 is 0 Å². The van der Waals surface area contributed by atoms with Crippen LogP contribution >= 0.6 is 11.6 Å². The van der Waals surface area contributed by atoms with Crippen LogP contribution in [0.5, 0.6) is 0 Å². The summed E-state index contributed by atoms with van der Waals surface area (Å²) < 4.78 is 0. The van der Waals surface area contributed by atoms with Gasteiger partial charge in [-0.1, -0.05) is 17.7 Å². The Kier molecular flexibility index (Phi) is 3.27. The van der Waals surface area contributed by atoms with Crippen LogP contribution < -0.4 is 5.32 Å². The summed E-state index contributed by atoms with van der Waals surface area (Å²) in [5, 5.41) is 4.38. The first-order chi connectivity index (χ1) is 11.8. The normalized spacial score (nSPS) is 38.7. The lowest BCUT2D eigenvalue weighted by atomic mass is 9.67. The SMILES string of the molecule is CC1(C)Cc2cc(Cl)ccc2/C(=C/C(=O)C23CC4CC(C2)C(C4)C3)N1. The van der Waals surface area contributed by atoms with Crippen molar-refractivity contribution in [2.45, 2.75) is 57.9 Å². The third-order valence-corrected chi connectivity index (χ3v) is 7.42. The lowest BCUT2D eigenvalue weighted by Gasteiger charge is -2.38. The Balaban J connectivity index is 1.51. The van der Waals surface area contributed by atoms with Gasteiger partial charge in [-0.3, -0.25) is 4.79 Å². The molecule has 1 aromatic rings. The van der Waals surface area contributed by atoms with Crippen LogP contribution in [0.1, 0.15) is 57.1 Å². The smallest absolute Gasteiger partial charge is 0.163 e. The second-order valence-corrected chi connectivity index (χ2v) is 10.1. The molecule has 2 atom stereocenters. The zero-order chi connectivity index (χ0) is 17.4. The van der Waals surface area contributed by atoms with Crippen LogP contribution in [0.3, 0.4) is 0 Å². The van der Waals surface area contributed by atoms with E-state index in [9.17, 15) is 4.79 Å². The molecule has 1 N–H and O–H groups in total. The van der Waals surface area contributed by atoms with Gasteiger partial charge in [0.15, 0.2) is 5.78 Å².